The normalized spacial score (nSPS) is 17.1. The van der Waals surface area contributed by atoms with Gasteiger partial charge in [0.15, 0.2) is 17.5 Å². The second kappa shape index (κ2) is 10.3. The van der Waals surface area contributed by atoms with Crippen molar-refractivity contribution in [3.8, 4) is 0 Å². The van der Waals surface area contributed by atoms with Crippen molar-refractivity contribution in [3.63, 3.8) is 0 Å². The van der Waals surface area contributed by atoms with Crippen molar-refractivity contribution in [2.75, 3.05) is 41.7 Å². The van der Waals surface area contributed by atoms with E-state index in [1.54, 1.807) is 6.20 Å². The van der Waals surface area contributed by atoms with Crippen LogP contribution in [-0.2, 0) is 13.1 Å². The lowest BCUT2D eigenvalue weighted by molar-refractivity contribution is 0.189. The highest BCUT2D eigenvalue weighted by atomic mass is 35.5. The van der Waals surface area contributed by atoms with Gasteiger partial charge in [-0.05, 0) is 31.4 Å². The van der Waals surface area contributed by atoms with Gasteiger partial charge in [-0.2, -0.15) is 0 Å². The van der Waals surface area contributed by atoms with Crippen LogP contribution in [0.3, 0.4) is 0 Å². The minimum Gasteiger partial charge on any atom is -0.406 e. The molecule has 2 aliphatic heterocycles. The van der Waals surface area contributed by atoms with Crippen molar-refractivity contribution < 1.29 is 13.2 Å². The topological polar surface area (TPSA) is 121 Å². The molecule has 0 aliphatic carbocycles. The Kier molecular flexibility index (Phi) is 6.93. The molecule has 35 heavy (non-hydrogen) atoms. The maximum absolute atomic E-state index is 14.4. The van der Waals surface area contributed by atoms with Gasteiger partial charge < -0.3 is 20.4 Å². The molecule has 2 aromatic heterocycles. The van der Waals surface area contributed by atoms with Gasteiger partial charge in [0.05, 0.1) is 17.8 Å². The highest BCUT2D eigenvalue weighted by Gasteiger charge is 2.23. The lowest BCUT2D eigenvalue weighted by Gasteiger charge is -2.28. The maximum atomic E-state index is 14.4. The second-order valence-electron chi connectivity index (χ2n) is 8.69. The predicted octanol–water partition coefficient (Wildman–Crippen LogP) is 3.28. The van der Waals surface area contributed by atoms with E-state index in [9.17, 15) is 8.78 Å². The number of benzene rings is 1. The Morgan fingerprint density at radius 1 is 1.14 bits per heavy atom. The van der Waals surface area contributed by atoms with Crippen molar-refractivity contribution in [1.29, 1.82) is 0 Å². The quantitative estimate of drug-likeness (QED) is 0.430. The van der Waals surface area contributed by atoms with Crippen LogP contribution in [0.1, 0.15) is 30.7 Å². The van der Waals surface area contributed by atoms with Crippen molar-refractivity contribution in [1.82, 2.24) is 25.1 Å². The van der Waals surface area contributed by atoms with E-state index in [0.29, 0.717) is 43.0 Å². The molecule has 1 fully saturated rings. The summed E-state index contributed by atoms with van der Waals surface area (Å²) in [7, 11) is 0. The standard InChI is InChI=1S/C22H26ClF2N9O/c23-19-14(15(24)2-3-16(19)25)11-34-7-1-6-27-20-21(34)29-17(10-28-20)30-22-32-31-18(35-22)12-33-8-4-13(26)5-9-33/h2-3,10,13H,1,4-9,11-12,26H2,(H,27,28)(H,29,30,32). The summed E-state index contributed by atoms with van der Waals surface area (Å²) in [6, 6.07) is 2.53. The molecule has 0 unspecified atom stereocenters. The summed E-state index contributed by atoms with van der Waals surface area (Å²) in [5.41, 5.74) is 6.03. The number of nitrogens with zero attached hydrogens (tertiary/aromatic N) is 6. The van der Waals surface area contributed by atoms with Crippen LogP contribution in [0.25, 0.3) is 0 Å². The molecule has 13 heteroatoms. The first kappa shape index (κ1) is 23.6. The highest BCUT2D eigenvalue weighted by Crippen LogP contribution is 2.31. The molecule has 4 heterocycles. The molecule has 10 nitrogen and oxygen atoms in total. The molecule has 0 saturated carbocycles. The van der Waals surface area contributed by atoms with Crippen molar-refractivity contribution >= 4 is 35.1 Å². The molecule has 0 atom stereocenters. The molecule has 0 bridgehead atoms. The highest BCUT2D eigenvalue weighted by molar-refractivity contribution is 6.31. The lowest BCUT2D eigenvalue weighted by Crippen LogP contribution is -2.39. The zero-order valence-electron chi connectivity index (χ0n) is 19.0. The molecule has 0 radical (unpaired) electrons. The van der Waals surface area contributed by atoms with Gasteiger partial charge in [-0.15, -0.1) is 5.10 Å². The Hall–Kier alpha value is -3.09. The minimum absolute atomic E-state index is 0.0411. The molecule has 1 aromatic carbocycles. The summed E-state index contributed by atoms with van der Waals surface area (Å²) in [5.74, 6) is 0.642. The number of fused-ring (bicyclic) bond motifs is 1. The van der Waals surface area contributed by atoms with Crippen molar-refractivity contribution in [2.24, 2.45) is 5.73 Å². The van der Waals surface area contributed by atoms with E-state index in [1.165, 1.54) is 0 Å². The zero-order chi connectivity index (χ0) is 24.4. The first-order chi connectivity index (χ1) is 17.0. The van der Waals surface area contributed by atoms with E-state index in [1.807, 2.05) is 4.90 Å². The monoisotopic (exact) mass is 505 g/mol. The number of hydrogen-bond acceptors (Lipinski definition) is 10. The number of aromatic nitrogens is 4. The van der Waals surface area contributed by atoms with E-state index in [4.69, 9.17) is 21.8 Å². The molecule has 4 N–H and O–H groups in total. The zero-order valence-corrected chi connectivity index (χ0v) is 19.7. The van der Waals surface area contributed by atoms with E-state index in [2.05, 4.69) is 35.7 Å². The van der Waals surface area contributed by atoms with Crippen LogP contribution in [0, 0.1) is 11.6 Å². The van der Waals surface area contributed by atoms with Crippen LogP contribution in [-0.4, -0.2) is 57.3 Å². The number of piperidine rings is 1. The van der Waals surface area contributed by atoms with Crippen molar-refractivity contribution in [3.05, 3.63) is 46.4 Å². The summed E-state index contributed by atoms with van der Waals surface area (Å²) >= 11 is 6.06. The van der Waals surface area contributed by atoms with E-state index >= 15 is 0 Å². The molecule has 5 rings (SSSR count). The van der Waals surface area contributed by atoms with Crippen molar-refractivity contribution in [2.45, 2.75) is 38.4 Å². The first-order valence-electron chi connectivity index (χ1n) is 11.5. The fraction of sp³-hybridized carbons (Fsp3) is 0.455. The smallest absolute Gasteiger partial charge is 0.321 e. The summed E-state index contributed by atoms with van der Waals surface area (Å²) < 4.78 is 34.1. The van der Waals surface area contributed by atoms with Gasteiger partial charge in [0.1, 0.15) is 11.6 Å². The maximum Gasteiger partial charge on any atom is 0.321 e. The SMILES string of the molecule is NC1CCN(Cc2nnc(Nc3cnc4c(n3)N(Cc3c(F)ccc(F)c3Cl)CCCN4)o2)CC1. The number of halogens is 3. The first-order valence-corrected chi connectivity index (χ1v) is 11.9. The Morgan fingerprint density at radius 3 is 2.77 bits per heavy atom. The third-order valence-electron chi connectivity index (χ3n) is 6.13. The number of nitrogens with one attached hydrogen (secondary N) is 2. The lowest BCUT2D eigenvalue weighted by atomic mass is 10.1. The Bertz CT molecular complexity index is 1190. The number of nitrogens with two attached hydrogens (primary N) is 1. The molecule has 1 saturated heterocycles. The van der Waals surface area contributed by atoms with Crippen LogP contribution in [0.15, 0.2) is 22.7 Å². The van der Waals surface area contributed by atoms with Crippen LogP contribution in [0.5, 0.6) is 0 Å². The second-order valence-corrected chi connectivity index (χ2v) is 9.07. The summed E-state index contributed by atoms with van der Waals surface area (Å²) in [5, 5.41) is 14.1. The van der Waals surface area contributed by atoms with Crippen LogP contribution < -0.4 is 21.3 Å². The van der Waals surface area contributed by atoms with Gasteiger partial charge in [0.25, 0.3) is 0 Å². The Morgan fingerprint density at radius 2 is 1.94 bits per heavy atom. The average molecular weight is 506 g/mol. The van der Waals surface area contributed by atoms with Gasteiger partial charge >= 0.3 is 6.01 Å². The van der Waals surface area contributed by atoms with E-state index < -0.39 is 11.6 Å². The van der Waals surface area contributed by atoms with Gasteiger partial charge in [-0.3, -0.25) is 10.2 Å². The molecule has 186 valence electrons. The summed E-state index contributed by atoms with van der Waals surface area (Å²) in [4.78, 5) is 13.1. The fourth-order valence-electron chi connectivity index (χ4n) is 4.21. The van der Waals surface area contributed by atoms with Gasteiger partial charge in [-0.25, -0.2) is 18.7 Å². The van der Waals surface area contributed by atoms with Crippen LogP contribution in [0.2, 0.25) is 5.02 Å². The van der Waals surface area contributed by atoms with Gasteiger partial charge in [-0.1, -0.05) is 16.7 Å². The average Bonchev–Trinajstić information content (AvgIpc) is 3.19. The Balaban J connectivity index is 1.32. The molecular weight excluding hydrogens is 480 g/mol. The van der Waals surface area contributed by atoms with Gasteiger partial charge in [0, 0.05) is 44.3 Å². The summed E-state index contributed by atoms with van der Waals surface area (Å²) in [6.45, 7) is 3.59. The minimum atomic E-state index is -0.669. The van der Waals surface area contributed by atoms with Crippen LogP contribution >= 0.6 is 11.6 Å². The third kappa shape index (κ3) is 5.44. The van der Waals surface area contributed by atoms with E-state index in [-0.39, 0.29) is 29.2 Å². The molecule has 0 spiro atoms. The predicted molar refractivity (Wildman–Crippen MR) is 128 cm³/mol. The molecule has 2 aliphatic rings. The third-order valence-corrected chi connectivity index (χ3v) is 6.54. The summed E-state index contributed by atoms with van der Waals surface area (Å²) in [6.07, 6.45) is 4.18. The fourth-order valence-corrected chi connectivity index (χ4v) is 4.42. The largest absolute Gasteiger partial charge is 0.406 e. The van der Waals surface area contributed by atoms with E-state index in [0.717, 1.165) is 44.5 Å². The Labute approximate surface area is 205 Å². The van der Waals surface area contributed by atoms with Gasteiger partial charge in [0.2, 0.25) is 5.89 Å². The number of anilines is 4. The number of likely N-dealkylation sites (tertiary alicyclic amines) is 1. The number of rotatable bonds is 6. The molecule has 3 aromatic rings. The molecular formula is C22H26ClF2N9O. The molecule has 0 amide bonds. The van der Waals surface area contributed by atoms with Crippen LogP contribution in [0.4, 0.5) is 32.2 Å². The number of hydrogen-bond donors (Lipinski definition) is 3.